The van der Waals surface area contributed by atoms with Gasteiger partial charge in [-0.15, -0.1) is 0 Å². The third kappa shape index (κ3) is 5.90. The molecule has 0 aliphatic heterocycles. The molecule has 4 aliphatic carbocycles. The van der Waals surface area contributed by atoms with Gasteiger partial charge >= 0.3 is 71.1 Å². The van der Waals surface area contributed by atoms with Crippen molar-refractivity contribution in [2.24, 2.45) is 28.6 Å². The van der Waals surface area contributed by atoms with E-state index in [2.05, 4.69) is 0 Å². The first-order chi connectivity index (χ1) is 18.5. The van der Waals surface area contributed by atoms with Crippen molar-refractivity contribution in [1.29, 1.82) is 0 Å². The van der Waals surface area contributed by atoms with Gasteiger partial charge in [0.1, 0.15) is 0 Å². The molecule has 0 radical (unpaired) electrons. The van der Waals surface area contributed by atoms with Gasteiger partial charge in [0.05, 0.1) is 13.9 Å². The fourth-order valence-electron chi connectivity index (χ4n) is 8.24. The fraction of sp³-hybridized carbons (Fsp3) is 0.714. The molecule has 0 spiro atoms. The average Bonchev–Trinajstić information content (AvgIpc) is 3.09. The maximum atomic E-state index is 17.9. The van der Waals surface area contributed by atoms with Gasteiger partial charge in [-0.1, -0.05) is 39.3 Å². The fourth-order valence-corrected chi connectivity index (χ4v) is 8.78. The minimum absolute atomic E-state index is 0. The zero-order valence-corrected chi connectivity index (χ0v) is 30.3. The van der Waals surface area contributed by atoms with Crippen LogP contribution in [0.25, 0.3) is 0 Å². The van der Waals surface area contributed by atoms with Crippen LogP contribution in [0.1, 0.15) is 73.1 Å². The second kappa shape index (κ2) is 13.3. The predicted octanol–water partition coefficient (Wildman–Crippen LogP) is -3.32. The van der Waals surface area contributed by atoms with Gasteiger partial charge in [0, 0.05) is 35.5 Å². The zero-order valence-electron chi connectivity index (χ0n) is 25.4. The molecule has 0 amide bonds. The average molecular weight is 629 g/mol. The number of phosphoric ester groups is 1. The number of rotatable bonds is 8. The van der Waals surface area contributed by atoms with Crippen molar-refractivity contribution in [3.8, 4) is 0 Å². The molecule has 3 saturated carbocycles. The van der Waals surface area contributed by atoms with E-state index in [1.807, 2.05) is 0 Å². The van der Waals surface area contributed by atoms with Gasteiger partial charge in [0.25, 0.3) is 0 Å². The zero-order chi connectivity index (χ0) is 29.9. The second-order valence-corrected chi connectivity index (χ2v) is 13.0. The van der Waals surface area contributed by atoms with E-state index in [1.165, 1.54) is 18.2 Å². The molecule has 14 heteroatoms. The number of halogens is 1. The van der Waals surface area contributed by atoms with Gasteiger partial charge in [0.15, 0.2) is 23.7 Å². The number of alkyl halides is 1. The van der Waals surface area contributed by atoms with E-state index in [0.717, 1.165) is 0 Å². The van der Waals surface area contributed by atoms with Crippen molar-refractivity contribution in [2.75, 3.05) is 6.61 Å². The SMILES string of the molecule is CCC(=O)OCC(=O)[C@@]1(OC(=O)CC)[C@@H](C)C[C@H]2[C@@H]3CCC4=CC(=O)C=C[C@]4(C)C3(F)[C@@H](OP(=O)([O-])[O-])C[C@@]21C.[Na+].[Na+]. The molecule has 1 unspecified atom stereocenters. The van der Waals surface area contributed by atoms with E-state index in [4.69, 9.17) is 14.0 Å². The van der Waals surface area contributed by atoms with E-state index in [-0.39, 0.29) is 90.6 Å². The summed E-state index contributed by atoms with van der Waals surface area (Å²) in [6, 6.07) is 0. The van der Waals surface area contributed by atoms with E-state index in [0.29, 0.717) is 12.0 Å². The molecule has 0 bridgehead atoms. The third-order valence-electron chi connectivity index (χ3n) is 10.0. The predicted molar refractivity (Wildman–Crippen MR) is 135 cm³/mol. The minimum atomic E-state index is -5.75. The summed E-state index contributed by atoms with van der Waals surface area (Å²) in [5, 5.41) is 0. The molecule has 0 aromatic carbocycles. The van der Waals surface area contributed by atoms with Crippen LogP contribution < -0.4 is 68.9 Å². The van der Waals surface area contributed by atoms with Crippen LogP contribution in [-0.4, -0.2) is 47.5 Å². The minimum Gasteiger partial charge on any atom is -0.790 e. The van der Waals surface area contributed by atoms with Crippen molar-refractivity contribution >= 4 is 31.3 Å². The Labute approximate surface area is 289 Å². The van der Waals surface area contributed by atoms with Gasteiger partial charge in [-0.25, -0.2) is 4.39 Å². The van der Waals surface area contributed by atoms with Crippen molar-refractivity contribution in [3.05, 3.63) is 23.8 Å². The third-order valence-corrected chi connectivity index (χ3v) is 10.6. The van der Waals surface area contributed by atoms with Crippen LogP contribution >= 0.6 is 7.82 Å². The van der Waals surface area contributed by atoms with Gasteiger partial charge in [-0.05, 0) is 50.7 Å². The van der Waals surface area contributed by atoms with Crippen molar-refractivity contribution in [1.82, 2.24) is 0 Å². The summed E-state index contributed by atoms with van der Waals surface area (Å²) in [5.74, 6) is -4.54. The summed E-state index contributed by atoms with van der Waals surface area (Å²) in [4.78, 5) is 74.8. The number of carbonyl (C=O) groups is 4. The van der Waals surface area contributed by atoms with Gasteiger partial charge in [-0.3, -0.25) is 19.2 Å². The van der Waals surface area contributed by atoms with Crippen molar-refractivity contribution in [2.45, 2.75) is 90.5 Å². The number of ether oxygens (including phenoxy) is 2. The topological polar surface area (TPSA) is 159 Å². The number of allylic oxidation sites excluding steroid dienone is 4. The number of esters is 2. The number of Topliss-reactive ketones (excluding diaryl/α,β-unsaturated/α-hetero) is 1. The summed E-state index contributed by atoms with van der Waals surface area (Å²) < 4.78 is 46.0. The molecule has 3 fully saturated rings. The monoisotopic (exact) mass is 628 g/mol. The van der Waals surface area contributed by atoms with E-state index >= 15 is 4.39 Å². The summed E-state index contributed by atoms with van der Waals surface area (Å²) in [5.41, 5.74) is -6.70. The number of phosphoric acid groups is 1. The van der Waals surface area contributed by atoms with Crippen LogP contribution in [0.5, 0.6) is 0 Å². The maximum Gasteiger partial charge on any atom is 1.00 e. The van der Waals surface area contributed by atoms with E-state index in [9.17, 15) is 33.5 Å². The molecule has 222 valence electrons. The first kappa shape index (κ1) is 38.0. The number of fused-ring (bicyclic) bond motifs is 5. The van der Waals surface area contributed by atoms with E-state index < -0.39 is 84.5 Å². The van der Waals surface area contributed by atoms with Crippen LogP contribution in [0.15, 0.2) is 23.8 Å². The molecular weight excluding hydrogens is 592 g/mol. The van der Waals surface area contributed by atoms with Crippen molar-refractivity contribution in [3.63, 3.8) is 0 Å². The summed E-state index contributed by atoms with van der Waals surface area (Å²) in [7, 11) is -5.75. The largest absolute Gasteiger partial charge is 1.00 e. The molecule has 0 N–H and O–H groups in total. The van der Waals surface area contributed by atoms with Crippen LogP contribution in [-0.2, 0) is 37.7 Å². The molecule has 0 aromatic rings. The second-order valence-electron chi connectivity index (χ2n) is 11.9. The number of carbonyl (C=O) groups excluding carboxylic acids is 4. The number of hydrogen-bond donors (Lipinski definition) is 0. The van der Waals surface area contributed by atoms with Gasteiger partial charge in [-0.2, -0.15) is 0 Å². The summed E-state index contributed by atoms with van der Waals surface area (Å²) in [6.07, 6.45) is 2.38. The van der Waals surface area contributed by atoms with Gasteiger partial charge < -0.3 is 28.3 Å². The quantitative estimate of drug-likeness (QED) is 0.151. The Morgan fingerprint density at radius 2 is 1.71 bits per heavy atom. The maximum absolute atomic E-state index is 17.9. The Morgan fingerprint density at radius 1 is 1.10 bits per heavy atom. The van der Waals surface area contributed by atoms with E-state index in [1.54, 1.807) is 34.6 Å². The Bertz CT molecular complexity index is 1230. The molecule has 4 aliphatic rings. The first-order valence-corrected chi connectivity index (χ1v) is 15.2. The normalized spacial score (nSPS) is 38.5. The molecule has 42 heavy (non-hydrogen) atoms. The molecular formula is C28H36FNa2O10P. The summed E-state index contributed by atoms with van der Waals surface area (Å²) >= 11 is 0. The molecule has 0 heterocycles. The van der Waals surface area contributed by atoms with Crippen LogP contribution in [0.2, 0.25) is 0 Å². The van der Waals surface area contributed by atoms with Crippen LogP contribution in [0, 0.1) is 28.6 Å². The first-order valence-electron chi connectivity index (χ1n) is 13.7. The van der Waals surface area contributed by atoms with Gasteiger partial charge in [0.2, 0.25) is 5.78 Å². The molecule has 0 saturated heterocycles. The standard InChI is InChI=1S/C28H38FO10P.2Na/c1-6-23(32)37-15-21(31)28(38-24(33)7-2)16(3)12-20-19-9-8-17-13-18(30)10-11-25(17,4)27(19,29)22(14-26(20,28)5)39-40(34,35)36;;/h10-11,13,16,19-20,22H,6-9,12,14-15H2,1-5H3,(H2,34,35,36);;/q;2*+1/p-2/t16-,19-,20-,22-,25-,26-,27?,28-;;/m0../s1. The Hall–Kier alpha value is -0.200. The Balaban J connectivity index is 0.00000308. The Kier molecular flexibility index (Phi) is 12.0. The Morgan fingerprint density at radius 3 is 2.29 bits per heavy atom. The van der Waals surface area contributed by atoms with Crippen LogP contribution in [0.4, 0.5) is 4.39 Å². The molecule has 8 atom stereocenters. The molecule has 4 rings (SSSR count). The molecule has 0 aromatic heterocycles. The number of hydrogen-bond acceptors (Lipinski definition) is 10. The summed E-state index contributed by atoms with van der Waals surface area (Å²) in [6.45, 7) is 7.31. The van der Waals surface area contributed by atoms with Crippen molar-refractivity contribution < 1.29 is 111 Å². The number of ketones is 2. The van der Waals surface area contributed by atoms with Crippen LogP contribution in [0.3, 0.4) is 0 Å². The smallest absolute Gasteiger partial charge is 0.790 e. The molecule has 10 nitrogen and oxygen atoms in total.